The quantitative estimate of drug-likeness (QED) is 0.312. The predicted molar refractivity (Wildman–Crippen MR) is 115 cm³/mol. The molecule has 1 aromatic carbocycles. The first-order valence-corrected chi connectivity index (χ1v) is 11.0. The maximum absolute atomic E-state index is 12.8. The van der Waals surface area contributed by atoms with Crippen molar-refractivity contribution in [2.24, 2.45) is 11.8 Å². The number of hydrogen-bond donors (Lipinski definition) is 5. The zero-order chi connectivity index (χ0) is 23.5. The van der Waals surface area contributed by atoms with E-state index in [2.05, 4.69) is 10.6 Å². The summed E-state index contributed by atoms with van der Waals surface area (Å²) in [7, 11) is 0. The molecule has 1 aliphatic carbocycles. The number of phenols is 1. The molecule has 176 valence electrons. The number of phenolic OH excluding ortho intramolecular Hbond substituents is 1. The van der Waals surface area contributed by atoms with Crippen molar-refractivity contribution in [3.05, 3.63) is 29.3 Å². The number of benzene rings is 1. The summed E-state index contributed by atoms with van der Waals surface area (Å²) < 4.78 is 5.13. The third-order valence-corrected chi connectivity index (χ3v) is 6.18. The van der Waals surface area contributed by atoms with Crippen LogP contribution in [-0.2, 0) is 32.0 Å². The van der Waals surface area contributed by atoms with E-state index in [0.29, 0.717) is 25.7 Å². The van der Waals surface area contributed by atoms with Gasteiger partial charge in [-0.1, -0.05) is 26.0 Å². The number of hydrogen-bond acceptors (Lipinski definition) is 7. The standard InChI is InChI=1S/C23H32N2O7/c1-13(2)8-17(20(29)23(11-27)12-32-23)24-22(31)18(10-26)25-21(30)15-6-7-16-14(9-15)4-3-5-19(16)28/h3-5,13,15,17-18,26-28H,6-12H2,1-2H3,(H,24,31)(H,25,30)/t15?,17-,18-,23+/m0/s1. The Morgan fingerprint density at radius 2 is 1.91 bits per heavy atom. The molecule has 9 heteroatoms. The molecular weight excluding hydrogens is 416 g/mol. The summed E-state index contributed by atoms with van der Waals surface area (Å²) >= 11 is 0. The van der Waals surface area contributed by atoms with E-state index in [-0.39, 0.29) is 24.2 Å². The van der Waals surface area contributed by atoms with Gasteiger partial charge in [-0.25, -0.2) is 0 Å². The molecule has 0 aromatic heterocycles. The van der Waals surface area contributed by atoms with E-state index < -0.39 is 48.5 Å². The van der Waals surface area contributed by atoms with Crippen molar-refractivity contribution in [2.45, 2.75) is 57.2 Å². The summed E-state index contributed by atoms with van der Waals surface area (Å²) in [6, 6.07) is 3.11. The van der Waals surface area contributed by atoms with Gasteiger partial charge in [-0.2, -0.15) is 0 Å². The number of aromatic hydroxyl groups is 1. The van der Waals surface area contributed by atoms with Gasteiger partial charge in [0.2, 0.25) is 11.8 Å². The monoisotopic (exact) mass is 448 g/mol. The van der Waals surface area contributed by atoms with Gasteiger partial charge >= 0.3 is 0 Å². The lowest BCUT2D eigenvalue weighted by Gasteiger charge is -2.27. The summed E-state index contributed by atoms with van der Waals surface area (Å²) in [4.78, 5) is 38.4. The molecule has 1 heterocycles. The Kier molecular flexibility index (Phi) is 7.53. The van der Waals surface area contributed by atoms with Crippen molar-refractivity contribution >= 4 is 17.6 Å². The number of fused-ring (bicyclic) bond motifs is 1. The van der Waals surface area contributed by atoms with Crippen LogP contribution in [0.5, 0.6) is 5.75 Å². The molecule has 1 saturated heterocycles. The van der Waals surface area contributed by atoms with Crippen molar-refractivity contribution < 1.29 is 34.4 Å². The van der Waals surface area contributed by atoms with Gasteiger partial charge in [-0.05, 0) is 48.8 Å². The van der Waals surface area contributed by atoms with Crippen LogP contribution in [0, 0.1) is 11.8 Å². The van der Waals surface area contributed by atoms with Gasteiger partial charge < -0.3 is 30.7 Å². The third kappa shape index (κ3) is 5.28. The van der Waals surface area contributed by atoms with Crippen LogP contribution in [0.4, 0.5) is 0 Å². The molecule has 1 aliphatic heterocycles. The number of carbonyl (C=O) groups excluding carboxylic acids is 3. The maximum Gasteiger partial charge on any atom is 0.245 e. The van der Waals surface area contributed by atoms with E-state index >= 15 is 0 Å². The van der Waals surface area contributed by atoms with Crippen LogP contribution in [-0.4, -0.2) is 70.4 Å². The highest BCUT2D eigenvalue weighted by molar-refractivity contribution is 5.98. The Bertz CT molecular complexity index is 866. The minimum atomic E-state index is -1.27. The number of Topliss-reactive ketones (excluding diaryl/α,β-unsaturated/α-hetero) is 1. The number of amides is 2. The topological polar surface area (TPSA) is 148 Å². The summed E-state index contributed by atoms with van der Waals surface area (Å²) in [6.07, 6.45) is 1.83. The molecule has 0 bridgehead atoms. The Hall–Kier alpha value is -2.49. The minimum absolute atomic E-state index is 0.0830. The number of nitrogens with one attached hydrogen (secondary N) is 2. The molecule has 32 heavy (non-hydrogen) atoms. The second-order valence-corrected chi connectivity index (χ2v) is 9.09. The third-order valence-electron chi connectivity index (χ3n) is 6.18. The number of carbonyl (C=O) groups is 3. The summed E-state index contributed by atoms with van der Waals surface area (Å²) in [5.74, 6) is -1.53. The summed E-state index contributed by atoms with van der Waals surface area (Å²) in [5, 5.41) is 34.4. The maximum atomic E-state index is 12.8. The van der Waals surface area contributed by atoms with Crippen molar-refractivity contribution in [3.8, 4) is 5.75 Å². The average molecular weight is 449 g/mol. The Balaban J connectivity index is 1.63. The van der Waals surface area contributed by atoms with Crippen LogP contribution in [0.2, 0.25) is 0 Å². The Morgan fingerprint density at radius 3 is 2.50 bits per heavy atom. The van der Waals surface area contributed by atoms with Gasteiger partial charge in [0, 0.05) is 5.92 Å². The van der Waals surface area contributed by atoms with Crippen molar-refractivity contribution in [2.75, 3.05) is 19.8 Å². The number of epoxide rings is 1. The summed E-state index contributed by atoms with van der Waals surface area (Å²) in [6.45, 7) is 2.82. The van der Waals surface area contributed by atoms with Gasteiger partial charge in [0.15, 0.2) is 11.4 Å². The Morgan fingerprint density at radius 1 is 1.19 bits per heavy atom. The lowest BCUT2D eigenvalue weighted by Crippen LogP contribution is -2.56. The van der Waals surface area contributed by atoms with E-state index in [0.717, 1.165) is 11.1 Å². The molecule has 5 N–H and O–H groups in total. The van der Waals surface area contributed by atoms with E-state index in [9.17, 15) is 29.7 Å². The second-order valence-electron chi connectivity index (χ2n) is 9.09. The number of aliphatic hydroxyl groups excluding tert-OH is 2. The fraction of sp³-hybridized carbons (Fsp3) is 0.609. The van der Waals surface area contributed by atoms with E-state index in [1.165, 1.54) is 0 Å². The van der Waals surface area contributed by atoms with E-state index in [4.69, 9.17) is 4.74 Å². The molecule has 4 atom stereocenters. The average Bonchev–Trinajstić information content (AvgIpc) is 3.57. The normalized spacial score (nSPS) is 23.7. The highest BCUT2D eigenvalue weighted by atomic mass is 16.6. The van der Waals surface area contributed by atoms with Gasteiger partial charge in [-0.3, -0.25) is 14.4 Å². The largest absolute Gasteiger partial charge is 0.508 e. The van der Waals surface area contributed by atoms with E-state index in [1.54, 1.807) is 12.1 Å². The van der Waals surface area contributed by atoms with E-state index in [1.807, 2.05) is 19.9 Å². The molecule has 1 aromatic rings. The Labute approximate surface area is 187 Å². The van der Waals surface area contributed by atoms with Gasteiger partial charge in [0.05, 0.1) is 25.9 Å². The van der Waals surface area contributed by atoms with Crippen molar-refractivity contribution in [1.29, 1.82) is 0 Å². The van der Waals surface area contributed by atoms with Crippen LogP contribution in [0.25, 0.3) is 0 Å². The molecule has 1 unspecified atom stereocenters. The molecule has 2 amide bonds. The zero-order valence-electron chi connectivity index (χ0n) is 18.5. The van der Waals surface area contributed by atoms with Crippen molar-refractivity contribution in [3.63, 3.8) is 0 Å². The van der Waals surface area contributed by atoms with Crippen LogP contribution in [0.1, 0.15) is 37.8 Å². The molecule has 0 spiro atoms. The molecule has 2 aliphatic rings. The lowest BCUT2D eigenvalue weighted by molar-refractivity contribution is -0.135. The zero-order valence-corrected chi connectivity index (χ0v) is 18.5. The minimum Gasteiger partial charge on any atom is -0.508 e. The number of ketones is 1. The number of ether oxygens (including phenoxy) is 1. The first-order valence-electron chi connectivity index (χ1n) is 11.0. The van der Waals surface area contributed by atoms with Crippen LogP contribution in [0.3, 0.4) is 0 Å². The SMILES string of the molecule is CC(C)C[C@H](NC(=O)[C@H](CO)NC(=O)C1CCc2c(O)cccc2C1)C(=O)[C@@]1(CO)CO1. The first-order chi connectivity index (χ1) is 15.2. The highest BCUT2D eigenvalue weighted by Crippen LogP contribution is 2.32. The van der Waals surface area contributed by atoms with Crippen LogP contribution >= 0.6 is 0 Å². The molecular formula is C23H32N2O7. The van der Waals surface area contributed by atoms with Gasteiger partial charge in [0.25, 0.3) is 0 Å². The van der Waals surface area contributed by atoms with Gasteiger partial charge in [-0.15, -0.1) is 0 Å². The molecule has 3 rings (SSSR count). The smallest absolute Gasteiger partial charge is 0.245 e. The predicted octanol–water partition coefficient (Wildman–Crippen LogP) is -0.164. The number of rotatable bonds is 10. The first kappa shape index (κ1) is 24.2. The van der Waals surface area contributed by atoms with Crippen LogP contribution < -0.4 is 10.6 Å². The molecule has 9 nitrogen and oxygen atoms in total. The lowest BCUT2D eigenvalue weighted by atomic mass is 9.83. The molecule has 1 fully saturated rings. The highest BCUT2D eigenvalue weighted by Gasteiger charge is 2.54. The second kappa shape index (κ2) is 9.97. The fourth-order valence-electron chi connectivity index (χ4n) is 4.19. The molecule has 0 saturated carbocycles. The van der Waals surface area contributed by atoms with Crippen molar-refractivity contribution in [1.82, 2.24) is 10.6 Å². The fourth-order valence-corrected chi connectivity index (χ4v) is 4.19. The molecule has 0 radical (unpaired) electrons. The number of aliphatic hydroxyl groups is 2. The van der Waals surface area contributed by atoms with Gasteiger partial charge in [0.1, 0.15) is 11.8 Å². The summed E-state index contributed by atoms with van der Waals surface area (Å²) in [5.41, 5.74) is 0.456. The van der Waals surface area contributed by atoms with Crippen LogP contribution in [0.15, 0.2) is 18.2 Å².